The first-order valence-corrected chi connectivity index (χ1v) is 8.61. The lowest BCUT2D eigenvalue weighted by molar-refractivity contribution is -0.121. The lowest BCUT2D eigenvalue weighted by atomic mass is 10.1. The summed E-state index contributed by atoms with van der Waals surface area (Å²) in [7, 11) is 1.57. The van der Waals surface area contributed by atoms with Gasteiger partial charge < -0.3 is 20.7 Å². The molecule has 27 heavy (non-hydrogen) atoms. The molecule has 0 fully saturated rings. The topological polar surface area (TPSA) is 84.7 Å². The van der Waals surface area contributed by atoms with Gasteiger partial charge in [-0.05, 0) is 48.9 Å². The van der Waals surface area contributed by atoms with Crippen molar-refractivity contribution in [2.75, 3.05) is 25.1 Å². The van der Waals surface area contributed by atoms with Crippen LogP contribution < -0.4 is 20.7 Å². The highest BCUT2D eigenvalue weighted by atomic mass is 19.1. The van der Waals surface area contributed by atoms with Crippen LogP contribution in [0.15, 0.2) is 48.5 Å². The van der Waals surface area contributed by atoms with Crippen LogP contribution in [0.2, 0.25) is 0 Å². The number of primary amides is 1. The molecule has 0 aromatic heterocycles. The monoisotopic (exact) mass is 373 g/mol. The molecule has 0 unspecified atom stereocenters. The molecule has 0 spiro atoms. The summed E-state index contributed by atoms with van der Waals surface area (Å²) in [6, 6.07) is 12.9. The number of anilines is 1. The van der Waals surface area contributed by atoms with Gasteiger partial charge in [-0.25, -0.2) is 4.39 Å². The summed E-state index contributed by atoms with van der Waals surface area (Å²) in [4.78, 5) is 25.4. The predicted octanol–water partition coefficient (Wildman–Crippen LogP) is 2.39. The number of benzene rings is 2. The summed E-state index contributed by atoms with van der Waals surface area (Å²) < 4.78 is 18.2. The first kappa shape index (κ1) is 20.2. The van der Waals surface area contributed by atoms with Crippen LogP contribution >= 0.6 is 0 Å². The summed E-state index contributed by atoms with van der Waals surface area (Å²) in [5.41, 5.74) is 6.83. The van der Waals surface area contributed by atoms with E-state index in [1.807, 2.05) is 19.1 Å². The van der Waals surface area contributed by atoms with Crippen molar-refractivity contribution in [3.63, 3.8) is 0 Å². The highest BCUT2D eigenvalue weighted by molar-refractivity contribution is 5.82. The molecule has 0 aliphatic carbocycles. The quantitative estimate of drug-likeness (QED) is 0.707. The zero-order chi connectivity index (χ0) is 19.8. The van der Waals surface area contributed by atoms with Crippen molar-refractivity contribution < 1.29 is 18.7 Å². The van der Waals surface area contributed by atoms with Crippen LogP contribution in [0.3, 0.4) is 0 Å². The summed E-state index contributed by atoms with van der Waals surface area (Å²) in [5.74, 6) is -0.280. The number of nitrogens with one attached hydrogen (secondary N) is 1. The van der Waals surface area contributed by atoms with Crippen molar-refractivity contribution in [1.29, 1.82) is 0 Å². The maximum atomic E-state index is 13.0. The first-order chi connectivity index (χ1) is 12.9. The normalized spacial score (nSPS) is 11.5. The molecule has 0 saturated carbocycles. The molecule has 2 rings (SSSR count). The smallest absolute Gasteiger partial charge is 0.239 e. The van der Waals surface area contributed by atoms with E-state index in [2.05, 4.69) is 5.32 Å². The average Bonchev–Trinajstić information content (AvgIpc) is 2.65. The Labute approximate surface area is 158 Å². The van der Waals surface area contributed by atoms with Crippen molar-refractivity contribution in [3.05, 3.63) is 59.9 Å². The van der Waals surface area contributed by atoms with Crippen LogP contribution in [0.1, 0.15) is 24.9 Å². The van der Waals surface area contributed by atoms with E-state index in [0.29, 0.717) is 12.3 Å². The predicted molar refractivity (Wildman–Crippen MR) is 102 cm³/mol. The minimum atomic E-state index is -0.436. The van der Waals surface area contributed by atoms with E-state index in [1.54, 1.807) is 36.3 Å². The molecular weight excluding hydrogens is 349 g/mol. The largest absolute Gasteiger partial charge is 0.497 e. The number of nitrogens with zero attached hydrogens (tertiary/aromatic N) is 1. The maximum absolute atomic E-state index is 13.0. The van der Waals surface area contributed by atoms with E-state index < -0.39 is 5.91 Å². The highest BCUT2D eigenvalue weighted by Crippen LogP contribution is 2.20. The van der Waals surface area contributed by atoms with E-state index in [-0.39, 0.29) is 30.7 Å². The second kappa shape index (κ2) is 9.56. The zero-order valence-electron chi connectivity index (χ0n) is 15.4. The molecular formula is C20H24FN3O3. The molecule has 6 nitrogen and oxygen atoms in total. The van der Waals surface area contributed by atoms with E-state index in [1.165, 1.54) is 12.1 Å². The molecule has 7 heteroatoms. The number of amides is 2. The molecule has 0 bridgehead atoms. The van der Waals surface area contributed by atoms with Gasteiger partial charge in [0.15, 0.2) is 0 Å². The molecule has 2 aromatic rings. The van der Waals surface area contributed by atoms with Gasteiger partial charge in [0, 0.05) is 18.7 Å². The van der Waals surface area contributed by atoms with Crippen LogP contribution in [0.5, 0.6) is 5.75 Å². The van der Waals surface area contributed by atoms with Gasteiger partial charge in [-0.15, -0.1) is 0 Å². The SMILES string of the molecule is COc1ccc(N(CCC(N)=O)CC(=O)N[C@H](C)c2ccc(F)cc2)cc1. The van der Waals surface area contributed by atoms with Gasteiger partial charge in [-0.2, -0.15) is 0 Å². The number of hydrogen-bond donors (Lipinski definition) is 2. The number of hydrogen-bond acceptors (Lipinski definition) is 4. The van der Waals surface area contributed by atoms with Crippen LogP contribution in [0, 0.1) is 5.82 Å². The van der Waals surface area contributed by atoms with Gasteiger partial charge >= 0.3 is 0 Å². The fourth-order valence-electron chi connectivity index (χ4n) is 2.63. The van der Waals surface area contributed by atoms with Crippen LogP contribution in [0.25, 0.3) is 0 Å². The Morgan fingerprint density at radius 1 is 1.15 bits per heavy atom. The van der Waals surface area contributed by atoms with E-state index in [9.17, 15) is 14.0 Å². The van der Waals surface area contributed by atoms with E-state index in [4.69, 9.17) is 10.5 Å². The van der Waals surface area contributed by atoms with Crippen molar-refractivity contribution in [1.82, 2.24) is 5.32 Å². The summed E-state index contributed by atoms with van der Waals surface area (Å²) in [6.45, 7) is 2.21. The Kier molecular flexibility index (Phi) is 7.16. The van der Waals surface area contributed by atoms with Gasteiger partial charge in [0.25, 0.3) is 0 Å². The van der Waals surface area contributed by atoms with Gasteiger partial charge in [-0.1, -0.05) is 12.1 Å². The lowest BCUT2D eigenvalue weighted by Gasteiger charge is -2.25. The fourth-order valence-corrected chi connectivity index (χ4v) is 2.63. The lowest BCUT2D eigenvalue weighted by Crippen LogP contribution is -2.39. The van der Waals surface area contributed by atoms with Crippen molar-refractivity contribution in [3.8, 4) is 5.75 Å². The van der Waals surface area contributed by atoms with E-state index in [0.717, 1.165) is 11.3 Å². The third-order valence-electron chi connectivity index (χ3n) is 4.15. The first-order valence-electron chi connectivity index (χ1n) is 8.61. The summed E-state index contributed by atoms with van der Waals surface area (Å²) in [5, 5.41) is 2.88. The molecule has 2 amide bonds. The summed E-state index contributed by atoms with van der Waals surface area (Å²) >= 11 is 0. The highest BCUT2D eigenvalue weighted by Gasteiger charge is 2.15. The Morgan fingerprint density at radius 2 is 1.78 bits per heavy atom. The Balaban J connectivity index is 2.04. The second-order valence-electron chi connectivity index (χ2n) is 6.18. The Morgan fingerprint density at radius 3 is 2.33 bits per heavy atom. The molecule has 3 N–H and O–H groups in total. The Hall–Kier alpha value is -3.09. The number of carbonyl (C=O) groups is 2. The van der Waals surface area contributed by atoms with Gasteiger partial charge in [0.2, 0.25) is 11.8 Å². The molecule has 144 valence electrons. The maximum Gasteiger partial charge on any atom is 0.239 e. The van der Waals surface area contributed by atoms with Gasteiger partial charge in [0.1, 0.15) is 11.6 Å². The number of methoxy groups -OCH3 is 1. The Bertz CT molecular complexity index is 763. The number of nitrogens with two attached hydrogens (primary N) is 1. The van der Waals surface area contributed by atoms with Crippen LogP contribution in [-0.2, 0) is 9.59 Å². The number of carbonyl (C=O) groups excluding carboxylic acids is 2. The summed E-state index contributed by atoms with van der Waals surface area (Å²) in [6.07, 6.45) is 0.132. The van der Waals surface area contributed by atoms with Crippen molar-refractivity contribution in [2.45, 2.75) is 19.4 Å². The molecule has 0 heterocycles. The minimum Gasteiger partial charge on any atom is -0.497 e. The number of halogens is 1. The van der Waals surface area contributed by atoms with Crippen LogP contribution in [0.4, 0.5) is 10.1 Å². The zero-order valence-corrected chi connectivity index (χ0v) is 15.4. The minimum absolute atomic E-state index is 0.0607. The fraction of sp³-hybridized carbons (Fsp3) is 0.300. The molecule has 0 aliphatic rings. The third kappa shape index (κ3) is 6.29. The van der Waals surface area contributed by atoms with Gasteiger partial charge in [0.05, 0.1) is 19.7 Å². The number of rotatable bonds is 9. The molecule has 0 radical (unpaired) electrons. The third-order valence-corrected chi connectivity index (χ3v) is 4.15. The number of ether oxygens (including phenoxy) is 1. The van der Waals surface area contributed by atoms with E-state index >= 15 is 0 Å². The molecule has 0 saturated heterocycles. The van der Waals surface area contributed by atoms with Crippen LogP contribution in [-0.4, -0.2) is 32.0 Å². The second-order valence-corrected chi connectivity index (χ2v) is 6.18. The molecule has 2 aromatic carbocycles. The standard InChI is InChI=1S/C20H24FN3O3/c1-14(15-3-5-16(21)6-4-15)23-20(26)13-24(12-11-19(22)25)17-7-9-18(27-2)10-8-17/h3-10,14H,11-13H2,1-2H3,(H2,22,25)(H,23,26)/t14-/m1/s1. The van der Waals surface area contributed by atoms with Crippen molar-refractivity contribution >= 4 is 17.5 Å². The van der Waals surface area contributed by atoms with Crippen molar-refractivity contribution in [2.24, 2.45) is 5.73 Å². The van der Waals surface area contributed by atoms with Gasteiger partial charge in [-0.3, -0.25) is 9.59 Å². The average molecular weight is 373 g/mol. The molecule has 1 atom stereocenters. The molecule has 0 aliphatic heterocycles.